The molecule has 0 bridgehead atoms. The Balaban J connectivity index is 0.00000841. The zero-order valence-corrected chi connectivity index (χ0v) is 19.2. The van der Waals surface area contributed by atoms with Crippen LogP contribution in [0.15, 0.2) is 30.3 Å². The van der Waals surface area contributed by atoms with E-state index in [1.807, 2.05) is 18.6 Å². The highest BCUT2D eigenvalue weighted by Gasteiger charge is 2.27. The van der Waals surface area contributed by atoms with Gasteiger partial charge in [0.05, 0.1) is 19.1 Å². The van der Waals surface area contributed by atoms with Crippen LogP contribution < -0.4 is 27.6 Å². The third-order valence-electron chi connectivity index (χ3n) is 3.78. The van der Waals surface area contributed by atoms with Crippen LogP contribution >= 0.6 is 0 Å². The number of nitrogens with one attached hydrogen (secondary N) is 2. The van der Waals surface area contributed by atoms with Gasteiger partial charge in [-0.1, -0.05) is 30.3 Å². The van der Waals surface area contributed by atoms with Gasteiger partial charge in [0.15, 0.2) is 11.5 Å². The molecule has 168 valence electrons. The summed E-state index contributed by atoms with van der Waals surface area (Å²) in [7, 11) is -0.0921. The summed E-state index contributed by atoms with van der Waals surface area (Å²) in [6.07, 6.45) is 2.82. The van der Waals surface area contributed by atoms with Crippen LogP contribution in [0.4, 0.5) is 4.79 Å². The van der Waals surface area contributed by atoms with Gasteiger partial charge in [-0.25, -0.2) is 9.59 Å². The van der Waals surface area contributed by atoms with Crippen molar-refractivity contribution in [3.8, 4) is 0 Å². The molecule has 0 aromatic heterocycles. The fourth-order valence-electron chi connectivity index (χ4n) is 2.33. The van der Waals surface area contributed by atoms with Crippen LogP contribution in [0.2, 0.25) is 0 Å². The topological polar surface area (TPSA) is 142 Å². The minimum absolute atomic E-state index is 0. The zero-order chi connectivity index (χ0) is 21.8. The van der Waals surface area contributed by atoms with Gasteiger partial charge in [0.25, 0.3) is 0 Å². The number of carboxylic acids is 1. The molecular weight excluding hydrogens is 480 g/mol. The van der Waals surface area contributed by atoms with Crippen molar-refractivity contribution in [3.63, 3.8) is 0 Å². The second-order valence-electron chi connectivity index (χ2n) is 6.55. The lowest BCUT2D eigenvalue weighted by atomic mass is 10.1. The molecule has 0 aliphatic carbocycles. The number of rotatable bonds is 12. The minimum Gasteiger partial charge on any atom is -1.00 e. The molecule has 2 atom stereocenters. The third-order valence-corrected chi connectivity index (χ3v) is 4.68. The number of ketones is 1. The van der Waals surface area contributed by atoms with Crippen molar-refractivity contribution in [3.05, 3.63) is 35.9 Å². The minimum atomic E-state index is -1.38. The van der Waals surface area contributed by atoms with Gasteiger partial charge in [-0.2, -0.15) is 0 Å². The summed E-state index contributed by atoms with van der Waals surface area (Å²) >= 11 is 0. The average molecular weight is 507 g/mol. The standard InChI is InChI=1S/C19H26N2O7S.BrH/c1-29(2)12-14(23)8-9-15(18(25)26)20-17(24)16(10-22)21-19(27)28-11-13-6-4-3-5-7-13;/h3-7,15-16,22H,8-12H2,1-2H3,(H2-,20,21,24,25,26,27);1H. The lowest BCUT2D eigenvalue weighted by Gasteiger charge is -2.19. The Bertz CT molecular complexity index is 703. The summed E-state index contributed by atoms with van der Waals surface area (Å²) in [6.45, 7) is -0.769. The number of amides is 2. The fourth-order valence-corrected chi connectivity index (χ4v) is 3.12. The van der Waals surface area contributed by atoms with E-state index >= 15 is 0 Å². The quantitative estimate of drug-likeness (QED) is 0.222. The van der Waals surface area contributed by atoms with Crippen LogP contribution in [0.25, 0.3) is 0 Å². The van der Waals surface area contributed by atoms with Crippen molar-refractivity contribution >= 4 is 34.6 Å². The van der Waals surface area contributed by atoms with E-state index in [-0.39, 0.29) is 53.1 Å². The molecule has 4 N–H and O–H groups in total. The van der Waals surface area contributed by atoms with Gasteiger partial charge in [-0.05, 0) is 22.9 Å². The lowest BCUT2D eigenvalue weighted by Crippen LogP contribution is -3.00. The predicted molar refractivity (Wildman–Crippen MR) is 109 cm³/mol. The van der Waals surface area contributed by atoms with Crippen LogP contribution in [-0.4, -0.2) is 70.9 Å². The molecular formula is C19H27BrN2O7S. The van der Waals surface area contributed by atoms with Crippen LogP contribution in [0.5, 0.6) is 0 Å². The summed E-state index contributed by atoms with van der Waals surface area (Å²) in [5.41, 5.74) is 0.741. The number of ether oxygens (including phenoxy) is 1. The molecule has 30 heavy (non-hydrogen) atoms. The number of halogens is 1. The summed E-state index contributed by atoms with van der Waals surface area (Å²) in [6, 6.07) is 6.18. The number of carbonyl (C=O) groups is 4. The summed E-state index contributed by atoms with van der Waals surface area (Å²) < 4.78 is 4.98. The molecule has 0 spiro atoms. The largest absolute Gasteiger partial charge is 1.00 e. The normalized spacial score (nSPS) is 12.3. The molecule has 0 saturated carbocycles. The van der Waals surface area contributed by atoms with E-state index in [4.69, 9.17) is 4.74 Å². The van der Waals surface area contributed by atoms with Crippen molar-refractivity contribution in [1.29, 1.82) is 0 Å². The lowest BCUT2D eigenvalue weighted by molar-refractivity contribution is -0.142. The molecule has 1 aromatic carbocycles. The molecule has 2 unspecified atom stereocenters. The molecule has 0 aliphatic heterocycles. The van der Waals surface area contributed by atoms with Crippen LogP contribution in [0, 0.1) is 0 Å². The number of benzene rings is 1. The smallest absolute Gasteiger partial charge is 0.408 e. The predicted octanol–water partition coefficient (Wildman–Crippen LogP) is -2.93. The number of hydrogen-bond acceptors (Lipinski definition) is 6. The van der Waals surface area contributed by atoms with Crippen molar-refractivity contribution in [1.82, 2.24) is 10.6 Å². The second kappa shape index (κ2) is 14.8. The summed E-state index contributed by atoms with van der Waals surface area (Å²) in [5, 5.41) is 23.1. The van der Waals surface area contributed by atoms with Crippen molar-refractivity contribution in [2.75, 3.05) is 24.9 Å². The molecule has 11 heteroatoms. The second-order valence-corrected chi connectivity index (χ2v) is 8.81. The van der Waals surface area contributed by atoms with E-state index in [9.17, 15) is 29.4 Å². The first-order valence-corrected chi connectivity index (χ1v) is 11.1. The number of aliphatic hydroxyl groups is 1. The van der Waals surface area contributed by atoms with E-state index in [1.165, 1.54) is 0 Å². The molecule has 0 radical (unpaired) electrons. The number of carboxylic acid groups (broad SMARTS) is 1. The number of Topliss-reactive ketones (excluding diaryl/α,β-unsaturated/α-hetero) is 1. The summed E-state index contributed by atoms with van der Waals surface area (Å²) in [4.78, 5) is 47.2. The Hall–Kier alpha value is -2.11. The summed E-state index contributed by atoms with van der Waals surface area (Å²) in [5.74, 6) is -1.91. The van der Waals surface area contributed by atoms with Gasteiger partial charge in [-0.3, -0.25) is 9.59 Å². The molecule has 1 aromatic rings. The van der Waals surface area contributed by atoms with E-state index in [0.29, 0.717) is 5.75 Å². The number of aliphatic carboxylic acids is 1. The van der Waals surface area contributed by atoms with Crippen LogP contribution in [-0.2, 0) is 36.6 Å². The Labute approximate surface area is 188 Å². The van der Waals surface area contributed by atoms with Crippen molar-refractivity contribution < 1.29 is 51.1 Å². The number of alkyl carbamates (subject to hydrolysis) is 1. The van der Waals surface area contributed by atoms with Gasteiger partial charge in [-0.15, -0.1) is 0 Å². The number of hydrogen-bond donors (Lipinski definition) is 4. The average Bonchev–Trinajstić information content (AvgIpc) is 2.67. The van der Waals surface area contributed by atoms with E-state index in [1.54, 1.807) is 24.3 Å². The van der Waals surface area contributed by atoms with Crippen LogP contribution in [0.3, 0.4) is 0 Å². The van der Waals surface area contributed by atoms with E-state index < -0.39 is 36.7 Å². The Morgan fingerprint density at radius 1 is 1.07 bits per heavy atom. The Morgan fingerprint density at radius 2 is 1.70 bits per heavy atom. The zero-order valence-electron chi connectivity index (χ0n) is 16.8. The first-order valence-electron chi connectivity index (χ1n) is 8.90. The number of carbonyl (C=O) groups excluding carboxylic acids is 3. The fraction of sp³-hybridized carbons (Fsp3) is 0.474. The highest BCUT2D eigenvalue weighted by atomic mass is 79.9. The molecule has 0 saturated heterocycles. The SMILES string of the molecule is C[S+](C)CC(=O)CCC(NC(=O)C(CO)NC(=O)OCc1ccccc1)C(=O)O.[Br-]. The van der Waals surface area contributed by atoms with Gasteiger partial charge >= 0.3 is 12.1 Å². The maximum atomic E-state index is 12.2. The van der Waals surface area contributed by atoms with Crippen molar-refractivity contribution in [2.24, 2.45) is 0 Å². The third kappa shape index (κ3) is 11.2. The molecule has 0 fully saturated rings. The number of aliphatic hydroxyl groups excluding tert-OH is 1. The highest BCUT2D eigenvalue weighted by molar-refractivity contribution is 7.96. The van der Waals surface area contributed by atoms with E-state index in [0.717, 1.165) is 5.56 Å². The van der Waals surface area contributed by atoms with Gasteiger partial charge < -0.3 is 42.6 Å². The maximum absolute atomic E-state index is 12.2. The van der Waals surface area contributed by atoms with Gasteiger partial charge in [0.1, 0.15) is 18.7 Å². The van der Waals surface area contributed by atoms with Gasteiger partial charge in [0.2, 0.25) is 5.91 Å². The molecule has 2 amide bonds. The van der Waals surface area contributed by atoms with Crippen LogP contribution in [0.1, 0.15) is 18.4 Å². The maximum Gasteiger partial charge on any atom is 0.408 e. The molecule has 0 heterocycles. The highest BCUT2D eigenvalue weighted by Crippen LogP contribution is 2.03. The molecule has 9 nitrogen and oxygen atoms in total. The molecule has 1 rings (SSSR count). The Kier molecular flexibility index (Phi) is 13.8. The van der Waals surface area contributed by atoms with Crippen molar-refractivity contribution in [2.45, 2.75) is 31.5 Å². The van der Waals surface area contributed by atoms with E-state index in [2.05, 4.69) is 10.6 Å². The monoisotopic (exact) mass is 506 g/mol. The Morgan fingerprint density at radius 3 is 2.23 bits per heavy atom. The van der Waals surface area contributed by atoms with Gasteiger partial charge in [0, 0.05) is 6.42 Å². The first-order chi connectivity index (χ1) is 13.7. The first kappa shape index (κ1) is 27.9. The molecule has 0 aliphatic rings.